The van der Waals surface area contributed by atoms with Crippen LogP contribution in [0.15, 0.2) is 0 Å². The summed E-state index contributed by atoms with van der Waals surface area (Å²) in [5.41, 5.74) is 0. The van der Waals surface area contributed by atoms with Crippen LogP contribution in [0.5, 0.6) is 0 Å². The second-order valence-electron chi connectivity index (χ2n) is 2.74. The van der Waals surface area contributed by atoms with Crippen LogP contribution >= 0.6 is 0 Å². The van der Waals surface area contributed by atoms with Crippen molar-refractivity contribution >= 4 is 5.97 Å². The van der Waals surface area contributed by atoms with Gasteiger partial charge < -0.3 is 19.9 Å². The molecule has 0 aromatic heterocycles. The van der Waals surface area contributed by atoms with Gasteiger partial charge in [-0.1, -0.05) is 34.1 Å². The summed E-state index contributed by atoms with van der Waals surface area (Å²) >= 11 is 0. The molecule has 0 heterocycles. The van der Waals surface area contributed by atoms with Crippen LogP contribution in [0.4, 0.5) is 0 Å². The minimum absolute atomic E-state index is 0.181. The van der Waals surface area contributed by atoms with Crippen LogP contribution in [-0.4, -0.2) is 42.7 Å². The predicted molar refractivity (Wildman–Crippen MR) is 61.5 cm³/mol. The zero-order valence-electron chi connectivity index (χ0n) is 10.7. The highest BCUT2D eigenvalue weighted by molar-refractivity contribution is 5.63. The van der Waals surface area contributed by atoms with Crippen LogP contribution in [0.3, 0.4) is 0 Å². The molecule has 0 aliphatic carbocycles. The Kier molecular flexibility index (Phi) is 25.2. The zero-order valence-corrected chi connectivity index (χ0v) is 10.7. The highest BCUT2D eigenvalue weighted by Gasteiger charge is 1.89. The molecule has 94 valence electrons. The zero-order chi connectivity index (χ0) is 12.7. The van der Waals surface area contributed by atoms with Gasteiger partial charge in [0.15, 0.2) is 0 Å². The number of carboxylic acid groups (broad SMARTS) is 1. The number of aliphatic hydroxyl groups excluding tert-OH is 1. The van der Waals surface area contributed by atoms with Crippen molar-refractivity contribution in [3.63, 3.8) is 0 Å². The summed E-state index contributed by atoms with van der Waals surface area (Å²) in [6.07, 6.45) is 0.850. The van der Waals surface area contributed by atoms with Gasteiger partial charge in [-0.3, -0.25) is 0 Å². The third-order valence-electron chi connectivity index (χ3n) is 1.80. The molecule has 0 radical (unpaired) electrons. The Labute approximate surface area is 93.9 Å². The molecule has 0 saturated heterocycles. The number of hydrogen-bond donors (Lipinski definition) is 1. The average Bonchev–Trinajstić information content (AvgIpc) is 2.24. The molecule has 15 heavy (non-hydrogen) atoms. The minimum atomic E-state index is -0.961. The van der Waals surface area contributed by atoms with E-state index in [2.05, 4.69) is 25.7 Å². The highest BCUT2D eigenvalue weighted by Crippen LogP contribution is 1.81. The van der Waals surface area contributed by atoms with Crippen molar-refractivity contribution in [2.24, 2.45) is 0 Å². The summed E-state index contributed by atoms with van der Waals surface area (Å²) in [5, 5.41) is 16.5. The molecule has 0 aromatic carbocycles. The number of rotatable bonds is 5. The Bertz CT molecular complexity index is 109. The Morgan fingerprint density at radius 1 is 1.07 bits per heavy atom. The van der Waals surface area contributed by atoms with Gasteiger partial charge in [0, 0.05) is 13.1 Å². The van der Waals surface area contributed by atoms with Gasteiger partial charge in [0.2, 0.25) is 0 Å². The number of aliphatic hydroxyl groups is 1. The van der Waals surface area contributed by atoms with E-state index in [-0.39, 0.29) is 6.42 Å². The third-order valence-corrected chi connectivity index (χ3v) is 1.80. The summed E-state index contributed by atoms with van der Waals surface area (Å²) < 4.78 is 0. The lowest BCUT2D eigenvalue weighted by molar-refractivity contribution is -0.305. The molecule has 0 rings (SSSR count). The van der Waals surface area contributed by atoms with E-state index in [0.29, 0.717) is 6.42 Å². The molecule has 0 saturated carbocycles. The lowest BCUT2D eigenvalue weighted by Gasteiger charge is -2.13. The van der Waals surface area contributed by atoms with Gasteiger partial charge >= 0.3 is 0 Å². The van der Waals surface area contributed by atoms with Crippen LogP contribution in [0, 0.1) is 0 Å². The second-order valence-corrected chi connectivity index (χ2v) is 2.74. The first-order valence-corrected chi connectivity index (χ1v) is 5.49. The van der Waals surface area contributed by atoms with Crippen molar-refractivity contribution in [1.29, 1.82) is 0 Å². The molecule has 4 heteroatoms. The molecule has 0 atom stereocenters. The van der Waals surface area contributed by atoms with Crippen molar-refractivity contribution in [2.45, 2.75) is 40.5 Å². The molecule has 0 aliphatic rings. The van der Waals surface area contributed by atoms with Crippen LogP contribution in [0.2, 0.25) is 0 Å². The molecular weight excluding hydrogens is 194 g/mol. The van der Waals surface area contributed by atoms with Gasteiger partial charge in [0.25, 0.3) is 0 Å². The Hall–Kier alpha value is -0.610. The smallest absolute Gasteiger partial charge is 0.0414 e. The minimum Gasteiger partial charge on any atom is -0.550 e. The molecule has 0 spiro atoms. The SMILES string of the molecule is CCCC(=O)[O-].CCN(CC)CC.CO. The van der Waals surface area contributed by atoms with E-state index < -0.39 is 5.97 Å². The number of carbonyl (C=O) groups is 1. The molecule has 0 fully saturated rings. The van der Waals surface area contributed by atoms with Gasteiger partial charge in [0.1, 0.15) is 0 Å². The maximum absolute atomic E-state index is 9.49. The van der Waals surface area contributed by atoms with E-state index in [9.17, 15) is 9.90 Å². The molecule has 4 nitrogen and oxygen atoms in total. The van der Waals surface area contributed by atoms with E-state index in [1.807, 2.05) is 0 Å². The van der Waals surface area contributed by atoms with Gasteiger partial charge in [-0.2, -0.15) is 0 Å². The standard InChI is InChI=1S/C6H15N.C4H8O2.CH4O/c1-4-7(5-2)6-3;1-2-3-4(5)6;1-2/h4-6H2,1-3H3;2-3H2,1H3,(H,5,6);2H,1H3/p-1. The van der Waals surface area contributed by atoms with Crippen molar-refractivity contribution < 1.29 is 15.0 Å². The first-order valence-electron chi connectivity index (χ1n) is 5.49. The van der Waals surface area contributed by atoms with Gasteiger partial charge in [-0.25, -0.2) is 0 Å². The summed E-state index contributed by atoms with van der Waals surface area (Å²) in [6, 6.07) is 0. The Balaban J connectivity index is -0.000000166. The molecule has 0 aliphatic heterocycles. The van der Waals surface area contributed by atoms with Crippen LogP contribution in [-0.2, 0) is 4.79 Å². The average molecular weight is 220 g/mol. The monoisotopic (exact) mass is 220 g/mol. The first kappa shape index (κ1) is 19.9. The largest absolute Gasteiger partial charge is 0.550 e. The number of aliphatic carboxylic acids is 1. The summed E-state index contributed by atoms with van der Waals surface area (Å²) in [7, 11) is 1.00. The predicted octanol–water partition coefficient (Wildman–Crippen LogP) is 0.493. The molecule has 0 amide bonds. The van der Waals surface area contributed by atoms with E-state index in [1.54, 1.807) is 6.92 Å². The van der Waals surface area contributed by atoms with E-state index in [1.165, 1.54) is 19.6 Å². The number of hydrogen-bond acceptors (Lipinski definition) is 4. The van der Waals surface area contributed by atoms with E-state index >= 15 is 0 Å². The van der Waals surface area contributed by atoms with E-state index in [4.69, 9.17) is 5.11 Å². The molecular formula is C11H26NO3-. The molecule has 0 bridgehead atoms. The fraction of sp³-hybridized carbons (Fsp3) is 0.909. The Morgan fingerprint density at radius 3 is 1.40 bits per heavy atom. The summed E-state index contributed by atoms with van der Waals surface area (Å²) in [4.78, 5) is 11.9. The van der Waals surface area contributed by atoms with Crippen LogP contribution < -0.4 is 5.11 Å². The maximum atomic E-state index is 9.49. The number of carboxylic acids is 1. The van der Waals surface area contributed by atoms with Crippen molar-refractivity contribution in [1.82, 2.24) is 4.90 Å². The fourth-order valence-corrected chi connectivity index (χ4v) is 0.875. The topological polar surface area (TPSA) is 63.6 Å². The second kappa shape index (κ2) is 19.0. The summed E-state index contributed by atoms with van der Waals surface area (Å²) in [5.74, 6) is -0.961. The fourth-order valence-electron chi connectivity index (χ4n) is 0.875. The molecule has 0 aromatic rings. The number of carbonyl (C=O) groups excluding carboxylic acids is 1. The Morgan fingerprint density at radius 2 is 1.40 bits per heavy atom. The normalized spacial score (nSPS) is 8.47. The highest BCUT2D eigenvalue weighted by atomic mass is 16.4. The van der Waals surface area contributed by atoms with Gasteiger partial charge in [-0.05, 0) is 26.1 Å². The summed E-state index contributed by atoms with van der Waals surface area (Å²) in [6.45, 7) is 11.9. The van der Waals surface area contributed by atoms with Crippen molar-refractivity contribution in [3.05, 3.63) is 0 Å². The first-order chi connectivity index (χ1) is 7.12. The third kappa shape index (κ3) is 24.7. The number of nitrogens with zero attached hydrogens (tertiary/aromatic N) is 1. The van der Waals surface area contributed by atoms with Crippen molar-refractivity contribution in [2.75, 3.05) is 26.7 Å². The van der Waals surface area contributed by atoms with Crippen LogP contribution in [0.25, 0.3) is 0 Å². The van der Waals surface area contributed by atoms with Crippen LogP contribution in [0.1, 0.15) is 40.5 Å². The maximum Gasteiger partial charge on any atom is 0.0414 e. The molecule has 1 N–H and O–H groups in total. The molecule has 0 unspecified atom stereocenters. The quantitative estimate of drug-likeness (QED) is 0.732. The van der Waals surface area contributed by atoms with Crippen molar-refractivity contribution in [3.8, 4) is 0 Å². The van der Waals surface area contributed by atoms with Gasteiger partial charge in [0.05, 0.1) is 0 Å². The lowest BCUT2D eigenvalue weighted by Crippen LogP contribution is -2.21. The van der Waals surface area contributed by atoms with E-state index in [0.717, 1.165) is 7.11 Å². The lowest BCUT2D eigenvalue weighted by atomic mass is 10.4. The van der Waals surface area contributed by atoms with Gasteiger partial charge in [-0.15, -0.1) is 0 Å².